The summed E-state index contributed by atoms with van der Waals surface area (Å²) in [5.41, 5.74) is 0. The minimum Gasteiger partial charge on any atom is -0.248 e. The predicted octanol–water partition coefficient (Wildman–Crippen LogP) is 2.14. The Morgan fingerprint density at radius 3 is 2.20 bits per heavy atom. The first-order valence-corrected chi connectivity index (χ1v) is 3.30. The highest BCUT2D eigenvalue weighted by atomic mass is 15.2. The van der Waals surface area contributed by atoms with E-state index >= 15 is 0 Å². The van der Waals surface area contributed by atoms with Gasteiger partial charge in [-0.05, 0) is 20.6 Å². The van der Waals surface area contributed by atoms with Gasteiger partial charge in [-0.15, -0.1) is 5.10 Å². The van der Waals surface area contributed by atoms with Gasteiger partial charge >= 0.3 is 0 Å². The van der Waals surface area contributed by atoms with Crippen molar-refractivity contribution in [1.29, 1.82) is 0 Å². The molecule has 0 saturated carbocycles. The normalized spacial score (nSPS) is 10.6. The number of hydrogen-bond acceptors (Lipinski definition) is 2. The summed E-state index contributed by atoms with van der Waals surface area (Å²) in [7, 11) is 0. The fourth-order valence-corrected chi connectivity index (χ4v) is 0.173. The second-order valence-corrected chi connectivity index (χ2v) is 1.18. The van der Waals surface area contributed by atoms with E-state index in [0.29, 0.717) is 5.84 Å². The van der Waals surface area contributed by atoms with E-state index in [2.05, 4.69) is 21.9 Å². The van der Waals surface area contributed by atoms with Crippen LogP contribution in [0.1, 0.15) is 27.7 Å². The highest BCUT2D eigenvalue weighted by Crippen LogP contribution is 1.76. The number of rotatable bonds is 1. The number of amidine groups is 1. The van der Waals surface area contributed by atoms with Crippen molar-refractivity contribution in [3.8, 4) is 0 Å². The van der Waals surface area contributed by atoms with Gasteiger partial charge in [0, 0.05) is 6.21 Å². The summed E-state index contributed by atoms with van der Waals surface area (Å²) in [6.45, 7) is 10.8. The molecule has 0 fully saturated rings. The Morgan fingerprint density at radius 1 is 1.40 bits per heavy atom. The maximum absolute atomic E-state index is 3.62. The van der Waals surface area contributed by atoms with Crippen LogP contribution in [0.2, 0.25) is 0 Å². The zero-order valence-corrected chi connectivity index (χ0v) is 7.13. The zero-order valence-electron chi connectivity index (χ0n) is 7.13. The molecule has 58 valence electrons. The van der Waals surface area contributed by atoms with Crippen LogP contribution in [0.3, 0.4) is 0 Å². The molecule has 3 heteroatoms. The fraction of sp³-hybridized carbons (Fsp3) is 0.571. The van der Waals surface area contributed by atoms with Crippen molar-refractivity contribution in [2.45, 2.75) is 27.7 Å². The van der Waals surface area contributed by atoms with Crippen molar-refractivity contribution in [2.24, 2.45) is 15.2 Å². The SMILES string of the molecule is C=N/C(C)=N\N=C/C.CC. The minimum atomic E-state index is 0.586. The molecule has 0 spiro atoms. The first-order chi connectivity index (χ1) is 4.81. The Labute approximate surface area is 62.6 Å². The van der Waals surface area contributed by atoms with Crippen LogP contribution in [0.15, 0.2) is 15.2 Å². The van der Waals surface area contributed by atoms with E-state index in [1.54, 1.807) is 20.1 Å². The van der Waals surface area contributed by atoms with Crippen molar-refractivity contribution in [1.82, 2.24) is 0 Å². The molecule has 0 aromatic heterocycles. The molecule has 3 nitrogen and oxygen atoms in total. The molecule has 10 heavy (non-hydrogen) atoms. The third-order valence-corrected chi connectivity index (χ3v) is 0.547. The minimum absolute atomic E-state index is 0.586. The van der Waals surface area contributed by atoms with Crippen molar-refractivity contribution < 1.29 is 0 Å². The van der Waals surface area contributed by atoms with Gasteiger partial charge in [-0.25, -0.2) is 4.99 Å². The molecule has 0 aliphatic carbocycles. The van der Waals surface area contributed by atoms with Gasteiger partial charge in [0.25, 0.3) is 0 Å². The monoisotopic (exact) mass is 141 g/mol. The average molecular weight is 141 g/mol. The first kappa shape index (κ1) is 11.8. The van der Waals surface area contributed by atoms with E-state index in [0.717, 1.165) is 0 Å². The summed E-state index contributed by atoms with van der Waals surface area (Å²) in [6.07, 6.45) is 1.59. The third-order valence-electron chi connectivity index (χ3n) is 0.547. The maximum Gasteiger partial charge on any atom is 0.146 e. The molecule has 0 rings (SSSR count). The van der Waals surface area contributed by atoms with Crippen LogP contribution < -0.4 is 0 Å². The van der Waals surface area contributed by atoms with Crippen LogP contribution in [0.4, 0.5) is 0 Å². The van der Waals surface area contributed by atoms with Gasteiger partial charge in [0.15, 0.2) is 0 Å². The molecule has 0 saturated heterocycles. The molecule has 0 radical (unpaired) electrons. The van der Waals surface area contributed by atoms with E-state index in [9.17, 15) is 0 Å². The molecule has 0 aliphatic rings. The van der Waals surface area contributed by atoms with Crippen LogP contribution in [-0.2, 0) is 0 Å². The van der Waals surface area contributed by atoms with Gasteiger partial charge in [-0.3, -0.25) is 0 Å². The molecule has 0 aromatic carbocycles. The molecule has 0 heterocycles. The largest absolute Gasteiger partial charge is 0.248 e. The van der Waals surface area contributed by atoms with Crippen molar-refractivity contribution >= 4 is 18.8 Å². The number of hydrogen-bond donors (Lipinski definition) is 0. The lowest BCUT2D eigenvalue weighted by Crippen LogP contribution is -1.79. The topological polar surface area (TPSA) is 37.1 Å². The summed E-state index contributed by atoms with van der Waals surface area (Å²) >= 11 is 0. The van der Waals surface area contributed by atoms with Gasteiger partial charge in [-0.1, -0.05) is 13.8 Å². The quantitative estimate of drug-likeness (QED) is 0.305. The molecule has 0 amide bonds. The Bertz CT molecular complexity index is 125. The molecular weight excluding hydrogens is 126 g/mol. The predicted molar refractivity (Wildman–Crippen MR) is 48.2 cm³/mol. The molecule has 0 bridgehead atoms. The molecule has 0 unspecified atom stereocenters. The zero-order chi connectivity index (χ0) is 8.41. The lowest BCUT2D eigenvalue weighted by molar-refractivity contribution is 1.22. The number of aliphatic imine (C=N–C) groups is 1. The van der Waals surface area contributed by atoms with Crippen molar-refractivity contribution in [3.63, 3.8) is 0 Å². The highest BCUT2D eigenvalue weighted by Gasteiger charge is 1.74. The lowest BCUT2D eigenvalue weighted by Gasteiger charge is -1.79. The smallest absolute Gasteiger partial charge is 0.146 e. The van der Waals surface area contributed by atoms with Gasteiger partial charge in [0.05, 0.1) is 0 Å². The summed E-state index contributed by atoms with van der Waals surface area (Å²) in [6, 6.07) is 0. The van der Waals surface area contributed by atoms with E-state index in [4.69, 9.17) is 0 Å². The van der Waals surface area contributed by atoms with Crippen LogP contribution in [-0.4, -0.2) is 18.8 Å². The Balaban J connectivity index is 0. The second-order valence-electron chi connectivity index (χ2n) is 1.18. The summed E-state index contributed by atoms with van der Waals surface area (Å²) in [5, 5.41) is 7.19. The first-order valence-electron chi connectivity index (χ1n) is 3.30. The van der Waals surface area contributed by atoms with Crippen molar-refractivity contribution in [3.05, 3.63) is 0 Å². The van der Waals surface area contributed by atoms with E-state index in [-0.39, 0.29) is 0 Å². The average Bonchev–Trinajstić information content (AvgIpc) is 2.04. The molecule has 0 aliphatic heterocycles. The van der Waals surface area contributed by atoms with Crippen LogP contribution >= 0.6 is 0 Å². The maximum atomic E-state index is 3.62. The number of nitrogens with zero attached hydrogens (tertiary/aromatic N) is 3. The van der Waals surface area contributed by atoms with Crippen LogP contribution in [0, 0.1) is 0 Å². The third kappa shape index (κ3) is 10.1. The summed E-state index contributed by atoms with van der Waals surface area (Å²) < 4.78 is 0. The summed E-state index contributed by atoms with van der Waals surface area (Å²) in [5.74, 6) is 0.586. The fourth-order valence-electron chi connectivity index (χ4n) is 0.173. The lowest BCUT2D eigenvalue weighted by atomic mass is 10.7. The standard InChI is InChI=1S/C5H9N3.C2H6/c1-4-7-8-5(2)6-3;1-2/h4H,3H2,1-2H3;1-2H3/b7-4-,8-5-;. The molecular formula is C7H15N3. The van der Waals surface area contributed by atoms with E-state index < -0.39 is 0 Å². The van der Waals surface area contributed by atoms with Gasteiger partial charge in [0.1, 0.15) is 5.84 Å². The Hall–Kier alpha value is -0.990. The highest BCUT2D eigenvalue weighted by molar-refractivity contribution is 5.83. The van der Waals surface area contributed by atoms with E-state index in [1.807, 2.05) is 13.8 Å². The Morgan fingerprint density at radius 2 is 1.90 bits per heavy atom. The van der Waals surface area contributed by atoms with Crippen LogP contribution in [0.5, 0.6) is 0 Å². The van der Waals surface area contributed by atoms with Crippen LogP contribution in [0.25, 0.3) is 0 Å². The second kappa shape index (κ2) is 10.9. The van der Waals surface area contributed by atoms with E-state index in [1.165, 1.54) is 0 Å². The van der Waals surface area contributed by atoms with Gasteiger partial charge < -0.3 is 0 Å². The molecule has 0 N–H and O–H groups in total. The molecule has 0 atom stereocenters. The van der Waals surface area contributed by atoms with Gasteiger partial charge in [0.2, 0.25) is 0 Å². The Kier molecular flexibility index (Phi) is 12.8. The summed E-state index contributed by atoms with van der Waals surface area (Å²) in [4.78, 5) is 3.51. The molecule has 0 aromatic rings. The van der Waals surface area contributed by atoms with Gasteiger partial charge in [-0.2, -0.15) is 5.10 Å². The van der Waals surface area contributed by atoms with Crippen molar-refractivity contribution in [2.75, 3.05) is 0 Å².